The van der Waals surface area contributed by atoms with Gasteiger partial charge >= 0.3 is 0 Å². The molecule has 3 aromatic rings. The fourth-order valence-electron chi connectivity index (χ4n) is 3.24. The predicted molar refractivity (Wildman–Crippen MR) is 102 cm³/mol. The number of hydrogen-bond acceptors (Lipinski definition) is 7. The Morgan fingerprint density at radius 2 is 2.04 bits per heavy atom. The van der Waals surface area contributed by atoms with Crippen LogP contribution in [-0.4, -0.2) is 52.7 Å². The Kier molecular flexibility index (Phi) is 5.41. The predicted octanol–water partition coefficient (Wildman–Crippen LogP) is 2.93. The highest BCUT2D eigenvalue weighted by molar-refractivity contribution is 5.58. The fourth-order valence-corrected chi connectivity index (χ4v) is 3.24. The summed E-state index contributed by atoms with van der Waals surface area (Å²) < 4.78 is 11.4. The van der Waals surface area contributed by atoms with Crippen LogP contribution in [0.1, 0.15) is 17.6 Å². The van der Waals surface area contributed by atoms with Crippen LogP contribution in [0.4, 0.5) is 5.95 Å². The van der Waals surface area contributed by atoms with Crippen LogP contribution >= 0.6 is 0 Å². The fraction of sp³-hybridized carbons (Fsp3) is 0.350. The third-order valence-corrected chi connectivity index (χ3v) is 4.64. The molecule has 4 rings (SSSR count). The van der Waals surface area contributed by atoms with E-state index in [1.165, 1.54) is 0 Å². The van der Waals surface area contributed by atoms with E-state index in [4.69, 9.17) is 9.15 Å². The lowest BCUT2D eigenvalue weighted by atomic mass is 10.1. The van der Waals surface area contributed by atoms with Crippen molar-refractivity contribution in [2.24, 2.45) is 0 Å². The number of ether oxygens (including phenoxy) is 1. The maximum Gasteiger partial charge on any atom is 0.223 e. The topological polar surface area (TPSA) is 76.3 Å². The maximum atomic E-state index is 5.91. The molecular weight excluding hydrogens is 342 g/mol. The molecule has 1 aliphatic rings. The van der Waals surface area contributed by atoms with Crippen molar-refractivity contribution in [2.75, 3.05) is 38.2 Å². The van der Waals surface area contributed by atoms with Crippen LogP contribution in [0, 0.1) is 6.92 Å². The van der Waals surface area contributed by atoms with Gasteiger partial charge in [0.1, 0.15) is 11.5 Å². The van der Waals surface area contributed by atoms with Crippen LogP contribution in [0.25, 0.3) is 11.3 Å². The Labute approximate surface area is 158 Å². The number of nitrogens with zero attached hydrogens (tertiary/aromatic N) is 4. The van der Waals surface area contributed by atoms with Crippen LogP contribution in [-0.2, 0) is 4.74 Å². The number of anilines is 1. The molecule has 0 spiro atoms. The van der Waals surface area contributed by atoms with Crippen molar-refractivity contribution in [2.45, 2.75) is 13.0 Å². The highest BCUT2D eigenvalue weighted by Gasteiger charge is 2.25. The summed E-state index contributed by atoms with van der Waals surface area (Å²) in [5.74, 6) is 2.46. The molecule has 1 saturated heterocycles. The Balaban J connectivity index is 1.50. The van der Waals surface area contributed by atoms with Gasteiger partial charge in [-0.25, -0.2) is 9.97 Å². The Morgan fingerprint density at radius 3 is 2.78 bits per heavy atom. The average Bonchev–Trinajstić information content (AvgIpc) is 3.16. The van der Waals surface area contributed by atoms with Crippen molar-refractivity contribution in [1.29, 1.82) is 0 Å². The number of furan rings is 1. The normalized spacial score (nSPS) is 16.2. The average molecular weight is 365 g/mol. The van der Waals surface area contributed by atoms with Crippen LogP contribution in [0.2, 0.25) is 0 Å². The van der Waals surface area contributed by atoms with Crippen LogP contribution < -0.4 is 5.32 Å². The summed E-state index contributed by atoms with van der Waals surface area (Å²) in [6.45, 7) is 5.86. The summed E-state index contributed by atoms with van der Waals surface area (Å²) in [6.07, 6.45) is 5.31. The van der Waals surface area contributed by atoms with Crippen molar-refractivity contribution >= 4 is 5.95 Å². The summed E-state index contributed by atoms with van der Waals surface area (Å²) in [4.78, 5) is 15.5. The smallest absolute Gasteiger partial charge is 0.223 e. The molecule has 0 radical (unpaired) electrons. The third-order valence-electron chi connectivity index (χ3n) is 4.64. The van der Waals surface area contributed by atoms with Gasteiger partial charge in [-0.2, -0.15) is 0 Å². The van der Waals surface area contributed by atoms with E-state index in [1.54, 1.807) is 18.6 Å². The van der Waals surface area contributed by atoms with Gasteiger partial charge in [-0.15, -0.1) is 0 Å². The van der Waals surface area contributed by atoms with Crippen molar-refractivity contribution in [3.8, 4) is 11.3 Å². The molecular formula is C20H23N5O2. The zero-order valence-electron chi connectivity index (χ0n) is 15.3. The van der Waals surface area contributed by atoms with Gasteiger partial charge < -0.3 is 14.5 Å². The lowest BCUT2D eigenvalue weighted by Crippen LogP contribution is -2.41. The Bertz CT molecular complexity index is 862. The standard InChI is InChI=1S/C20H23N5O2/c1-15-4-5-19(27-15)18(25-9-11-26-12-10-25)14-23-20-22-8-6-17(24-20)16-3-2-7-21-13-16/h2-8,13,18H,9-12,14H2,1H3,(H,22,23,24). The van der Waals surface area contributed by atoms with Crippen LogP contribution in [0.5, 0.6) is 0 Å². The molecule has 1 unspecified atom stereocenters. The first-order valence-corrected chi connectivity index (χ1v) is 9.15. The quantitative estimate of drug-likeness (QED) is 0.720. The van der Waals surface area contributed by atoms with Crippen molar-refractivity contribution < 1.29 is 9.15 Å². The lowest BCUT2D eigenvalue weighted by molar-refractivity contribution is 0.0143. The van der Waals surface area contributed by atoms with Crippen LogP contribution in [0.15, 0.2) is 53.3 Å². The Hall–Kier alpha value is -2.77. The second kappa shape index (κ2) is 8.28. The zero-order chi connectivity index (χ0) is 18.5. The number of pyridine rings is 1. The first kappa shape index (κ1) is 17.6. The molecule has 1 aliphatic heterocycles. The number of aromatic nitrogens is 3. The Morgan fingerprint density at radius 1 is 1.15 bits per heavy atom. The number of aryl methyl sites for hydroxylation is 1. The van der Waals surface area contributed by atoms with Gasteiger partial charge in [-0.1, -0.05) is 0 Å². The van der Waals surface area contributed by atoms with Crippen molar-refractivity contribution in [1.82, 2.24) is 19.9 Å². The molecule has 1 N–H and O–H groups in total. The van der Waals surface area contributed by atoms with Crippen molar-refractivity contribution in [3.05, 3.63) is 60.4 Å². The minimum atomic E-state index is 0.105. The van der Waals surface area contributed by atoms with Gasteiger partial charge in [0.25, 0.3) is 0 Å². The largest absolute Gasteiger partial charge is 0.465 e. The lowest BCUT2D eigenvalue weighted by Gasteiger charge is -2.33. The molecule has 0 amide bonds. The third kappa shape index (κ3) is 4.32. The number of hydrogen-bond donors (Lipinski definition) is 1. The van der Waals surface area contributed by atoms with E-state index in [1.807, 2.05) is 37.3 Å². The highest BCUT2D eigenvalue weighted by atomic mass is 16.5. The summed E-state index contributed by atoms with van der Waals surface area (Å²) in [6, 6.07) is 9.93. The van der Waals surface area contributed by atoms with E-state index < -0.39 is 0 Å². The molecule has 4 heterocycles. The van der Waals surface area contributed by atoms with E-state index in [2.05, 4.69) is 25.2 Å². The molecule has 0 bridgehead atoms. The summed E-state index contributed by atoms with van der Waals surface area (Å²) >= 11 is 0. The van der Waals surface area contributed by atoms with E-state index in [9.17, 15) is 0 Å². The minimum absolute atomic E-state index is 0.105. The van der Waals surface area contributed by atoms with Gasteiger partial charge in [-0.05, 0) is 37.3 Å². The molecule has 27 heavy (non-hydrogen) atoms. The maximum absolute atomic E-state index is 5.91. The number of rotatable bonds is 6. The molecule has 0 saturated carbocycles. The van der Waals surface area contributed by atoms with Crippen LogP contribution in [0.3, 0.4) is 0 Å². The first-order chi connectivity index (χ1) is 13.3. The van der Waals surface area contributed by atoms with Gasteiger partial charge in [-0.3, -0.25) is 9.88 Å². The molecule has 7 heteroatoms. The molecule has 3 aromatic heterocycles. The molecule has 1 atom stereocenters. The molecule has 0 aliphatic carbocycles. The SMILES string of the molecule is Cc1ccc(C(CNc2nccc(-c3cccnc3)n2)N2CCOCC2)o1. The van der Waals surface area contributed by atoms with Gasteiger partial charge in [0, 0.05) is 43.8 Å². The summed E-state index contributed by atoms with van der Waals surface area (Å²) in [5, 5.41) is 3.37. The molecule has 7 nitrogen and oxygen atoms in total. The van der Waals surface area contributed by atoms with Gasteiger partial charge in [0.05, 0.1) is 24.9 Å². The minimum Gasteiger partial charge on any atom is -0.465 e. The molecule has 140 valence electrons. The van der Waals surface area contributed by atoms with Gasteiger partial charge in [0.15, 0.2) is 0 Å². The summed E-state index contributed by atoms with van der Waals surface area (Å²) in [5.41, 5.74) is 1.81. The second-order valence-corrected chi connectivity index (χ2v) is 6.50. The zero-order valence-corrected chi connectivity index (χ0v) is 15.3. The van der Waals surface area contributed by atoms with E-state index >= 15 is 0 Å². The second-order valence-electron chi connectivity index (χ2n) is 6.50. The monoisotopic (exact) mass is 365 g/mol. The molecule has 1 fully saturated rings. The summed E-state index contributed by atoms with van der Waals surface area (Å²) in [7, 11) is 0. The molecule has 0 aromatic carbocycles. The highest BCUT2D eigenvalue weighted by Crippen LogP contribution is 2.24. The van der Waals surface area contributed by atoms with E-state index in [0.717, 1.165) is 49.1 Å². The number of nitrogens with one attached hydrogen (secondary N) is 1. The van der Waals surface area contributed by atoms with E-state index in [-0.39, 0.29) is 6.04 Å². The number of morpholine rings is 1. The first-order valence-electron chi connectivity index (χ1n) is 9.15. The van der Waals surface area contributed by atoms with E-state index in [0.29, 0.717) is 12.5 Å². The van der Waals surface area contributed by atoms with Crippen molar-refractivity contribution in [3.63, 3.8) is 0 Å². The van der Waals surface area contributed by atoms with Gasteiger partial charge in [0.2, 0.25) is 5.95 Å².